The number of hydrogen-bond donors (Lipinski definition) is 1. The number of aryl methyl sites for hydroxylation is 1. The fraction of sp³-hybridized carbons (Fsp3) is 0.353. The summed E-state index contributed by atoms with van der Waals surface area (Å²) in [6.07, 6.45) is 0. The normalized spacial score (nSPS) is 12.4. The van der Waals surface area contributed by atoms with Gasteiger partial charge < -0.3 is 15.1 Å². The first-order valence-electron chi connectivity index (χ1n) is 7.15. The Morgan fingerprint density at radius 2 is 1.86 bits per heavy atom. The highest BCUT2D eigenvalue weighted by Gasteiger charge is 2.25. The number of amides is 1. The highest BCUT2D eigenvalue weighted by molar-refractivity contribution is 5.83. The Labute approximate surface area is 125 Å². The number of furan rings is 1. The third kappa shape index (κ3) is 3.73. The van der Waals surface area contributed by atoms with Crippen LogP contribution in [0, 0.1) is 6.92 Å². The predicted molar refractivity (Wildman–Crippen MR) is 82.5 cm³/mol. The number of nitrogens with zero attached hydrogens (tertiary/aromatic N) is 1. The first-order chi connectivity index (χ1) is 9.99. The Hall–Kier alpha value is -2.07. The van der Waals surface area contributed by atoms with Crippen LogP contribution in [-0.2, 0) is 11.3 Å². The highest BCUT2D eigenvalue weighted by Crippen LogP contribution is 2.18. The second-order valence-corrected chi connectivity index (χ2v) is 5.46. The molecule has 21 heavy (non-hydrogen) atoms. The number of carbonyl (C=O) groups excluding carboxylic acids is 1. The predicted octanol–water partition coefficient (Wildman–Crippen LogP) is 3.03. The van der Waals surface area contributed by atoms with E-state index in [0.717, 1.165) is 17.1 Å². The molecule has 0 bridgehead atoms. The Morgan fingerprint density at radius 3 is 2.38 bits per heavy atom. The summed E-state index contributed by atoms with van der Waals surface area (Å²) in [4.78, 5) is 14.4. The lowest BCUT2D eigenvalue weighted by molar-refractivity contribution is -0.135. The van der Waals surface area contributed by atoms with Gasteiger partial charge in [-0.25, -0.2) is 0 Å². The molecule has 4 heteroatoms. The highest BCUT2D eigenvalue weighted by atomic mass is 16.3. The Bertz CT molecular complexity index is 590. The summed E-state index contributed by atoms with van der Waals surface area (Å²) in [6, 6.07) is 12.6. The van der Waals surface area contributed by atoms with Gasteiger partial charge in [0.1, 0.15) is 17.6 Å². The maximum Gasteiger partial charge on any atom is 0.244 e. The molecule has 2 rings (SSSR count). The SMILES string of the molecule is Cc1ccc(CN(C(=O)[C@H](N)c2ccccc2)C(C)C)o1. The van der Waals surface area contributed by atoms with Crippen LogP contribution in [0.4, 0.5) is 0 Å². The maximum absolute atomic E-state index is 12.7. The molecule has 1 aromatic heterocycles. The lowest BCUT2D eigenvalue weighted by atomic mass is 10.1. The van der Waals surface area contributed by atoms with Crippen molar-refractivity contribution in [3.63, 3.8) is 0 Å². The van der Waals surface area contributed by atoms with Crippen LogP contribution in [0.1, 0.15) is 37.0 Å². The van der Waals surface area contributed by atoms with Crippen LogP contribution >= 0.6 is 0 Å². The van der Waals surface area contributed by atoms with E-state index >= 15 is 0 Å². The monoisotopic (exact) mass is 286 g/mol. The van der Waals surface area contributed by atoms with E-state index in [1.165, 1.54) is 0 Å². The molecule has 0 saturated heterocycles. The van der Waals surface area contributed by atoms with Crippen molar-refractivity contribution in [1.82, 2.24) is 4.90 Å². The molecule has 2 aromatic rings. The minimum absolute atomic E-state index is 0.0534. The Balaban J connectivity index is 2.16. The Morgan fingerprint density at radius 1 is 1.19 bits per heavy atom. The van der Waals surface area contributed by atoms with Gasteiger partial charge in [-0.05, 0) is 38.5 Å². The molecule has 1 heterocycles. The van der Waals surface area contributed by atoms with Crippen LogP contribution < -0.4 is 5.73 Å². The summed E-state index contributed by atoms with van der Waals surface area (Å²) in [6.45, 7) is 6.28. The molecule has 0 radical (unpaired) electrons. The molecule has 2 N–H and O–H groups in total. The standard InChI is InChI=1S/C17H22N2O2/c1-12(2)19(11-15-10-9-13(3)21-15)17(20)16(18)14-7-5-4-6-8-14/h4-10,12,16H,11,18H2,1-3H3/t16-/m1/s1. The topological polar surface area (TPSA) is 59.5 Å². The molecule has 0 saturated carbocycles. The summed E-state index contributed by atoms with van der Waals surface area (Å²) in [5.41, 5.74) is 6.94. The van der Waals surface area contributed by atoms with Crippen LogP contribution in [-0.4, -0.2) is 16.8 Å². The third-order valence-electron chi connectivity index (χ3n) is 3.45. The molecule has 1 aromatic carbocycles. The molecular weight excluding hydrogens is 264 g/mol. The first-order valence-corrected chi connectivity index (χ1v) is 7.15. The largest absolute Gasteiger partial charge is 0.464 e. The molecule has 0 aliphatic carbocycles. The van der Waals surface area contributed by atoms with Crippen molar-refractivity contribution in [2.24, 2.45) is 5.73 Å². The van der Waals surface area contributed by atoms with Crippen molar-refractivity contribution in [1.29, 1.82) is 0 Å². The number of hydrogen-bond acceptors (Lipinski definition) is 3. The quantitative estimate of drug-likeness (QED) is 0.919. The van der Waals surface area contributed by atoms with Crippen molar-refractivity contribution in [3.05, 3.63) is 59.5 Å². The van der Waals surface area contributed by atoms with E-state index in [4.69, 9.17) is 10.2 Å². The van der Waals surface area contributed by atoms with Gasteiger partial charge in [-0.1, -0.05) is 30.3 Å². The average molecular weight is 286 g/mol. The van der Waals surface area contributed by atoms with Gasteiger partial charge in [0.15, 0.2) is 0 Å². The second-order valence-electron chi connectivity index (χ2n) is 5.46. The van der Waals surface area contributed by atoms with E-state index in [1.54, 1.807) is 4.90 Å². The number of carbonyl (C=O) groups is 1. The molecule has 4 nitrogen and oxygen atoms in total. The molecular formula is C17H22N2O2. The minimum atomic E-state index is -0.648. The Kier molecular flexibility index (Phi) is 4.81. The van der Waals surface area contributed by atoms with E-state index in [1.807, 2.05) is 63.2 Å². The van der Waals surface area contributed by atoms with Gasteiger partial charge >= 0.3 is 0 Å². The van der Waals surface area contributed by atoms with Crippen molar-refractivity contribution in [3.8, 4) is 0 Å². The van der Waals surface area contributed by atoms with Crippen molar-refractivity contribution in [2.75, 3.05) is 0 Å². The van der Waals surface area contributed by atoms with E-state index in [9.17, 15) is 4.79 Å². The minimum Gasteiger partial charge on any atom is -0.464 e. The summed E-state index contributed by atoms with van der Waals surface area (Å²) in [5, 5.41) is 0. The lowest BCUT2D eigenvalue weighted by Gasteiger charge is -2.28. The fourth-order valence-corrected chi connectivity index (χ4v) is 2.23. The molecule has 0 spiro atoms. The lowest BCUT2D eigenvalue weighted by Crippen LogP contribution is -2.42. The zero-order valence-electron chi connectivity index (χ0n) is 12.7. The molecule has 0 aliphatic rings. The van der Waals surface area contributed by atoms with Gasteiger partial charge in [-0.2, -0.15) is 0 Å². The third-order valence-corrected chi connectivity index (χ3v) is 3.45. The van der Waals surface area contributed by atoms with Crippen LogP contribution in [0.5, 0.6) is 0 Å². The fourth-order valence-electron chi connectivity index (χ4n) is 2.23. The van der Waals surface area contributed by atoms with Gasteiger partial charge in [-0.15, -0.1) is 0 Å². The van der Waals surface area contributed by atoms with Gasteiger partial charge in [0.05, 0.1) is 6.54 Å². The maximum atomic E-state index is 12.7. The smallest absolute Gasteiger partial charge is 0.244 e. The number of benzene rings is 1. The zero-order valence-corrected chi connectivity index (χ0v) is 12.7. The molecule has 1 amide bonds. The molecule has 0 unspecified atom stereocenters. The summed E-state index contributed by atoms with van der Waals surface area (Å²) in [5.74, 6) is 1.52. The van der Waals surface area contributed by atoms with Gasteiger partial charge in [0.2, 0.25) is 5.91 Å². The van der Waals surface area contributed by atoms with Gasteiger partial charge in [0.25, 0.3) is 0 Å². The average Bonchev–Trinajstić information content (AvgIpc) is 2.89. The van der Waals surface area contributed by atoms with Crippen LogP contribution in [0.15, 0.2) is 46.9 Å². The number of nitrogens with two attached hydrogens (primary N) is 1. The van der Waals surface area contributed by atoms with Gasteiger partial charge in [0, 0.05) is 6.04 Å². The molecule has 112 valence electrons. The van der Waals surface area contributed by atoms with E-state index in [0.29, 0.717) is 6.54 Å². The number of rotatable bonds is 5. The molecule has 1 atom stereocenters. The summed E-state index contributed by atoms with van der Waals surface area (Å²) < 4.78 is 5.57. The van der Waals surface area contributed by atoms with E-state index in [-0.39, 0.29) is 11.9 Å². The van der Waals surface area contributed by atoms with Gasteiger partial charge in [-0.3, -0.25) is 4.79 Å². The summed E-state index contributed by atoms with van der Waals surface area (Å²) in [7, 11) is 0. The van der Waals surface area contributed by atoms with Crippen molar-refractivity contribution < 1.29 is 9.21 Å². The van der Waals surface area contributed by atoms with Crippen molar-refractivity contribution >= 4 is 5.91 Å². The zero-order chi connectivity index (χ0) is 15.4. The summed E-state index contributed by atoms with van der Waals surface area (Å²) >= 11 is 0. The molecule has 0 aliphatic heterocycles. The van der Waals surface area contributed by atoms with E-state index in [2.05, 4.69) is 0 Å². The first kappa shape index (κ1) is 15.3. The van der Waals surface area contributed by atoms with Crippen molar-refractivity contribution in [2.45, 2.75) is 39.4 Å². The second kappa shape index (κ2) is 6.59. The van der Waals surface area contributed by atoms with Crippen LogP contribution in [0.25, 0.3) is 0 Å². The van der Waals surface area contributed by atoms with Crippen LogP contribution in [0.2, 0.25) is 0 Å². The van der Waals surface area contributed by atoms with E-state index < -0.39 is 6.04 Å². The van der Waals surface area contributed by atoms with Crippen LogP contribution in [0.3, 0.4) is 0 Å². The molecule has 0 fully saturated rings.